The molecule has 112 valence electrons. The van der Waals surface area contributed by atoms with Crippen LogP contribution in [0.3, 0.4) is 0 Å². The predicted octanol–water partition coefficient (Wildman–Crippen LogP) is 2.86. The zero-order valence-electron chi connectivity index (χ0n) is 12.4. The van der Waals surface area contributed by atoms with Crippen LogP contribution in [0.25, 0.3) is 28.0 Å². The lowest BCUT2D eigenvalue weighted by atomic mass is 10.1. The maximum atomic E-state index is 5.11. The maximum Gasteiger partial charge on any atom is 0.212 e. The largest absolute Gasteiger partial charge is 0.481 e. The van der Waals surface area contributed by atoms with Gasteiger partial charge in [0.1, 0.15) is 6.33 Å². The van der Waals surface area contributed by atoms with Crippen molar-refractivity contribution in [2.45, 2.75) is 0 Å². The van der Waals surface area contributed by atoms with Gasteiger partial charge < -0.3 is 4.74 Å². The van der Waals surface area contributed by atoms with Crippen LogP contribution in [-0.2, 0) is 0 Å². The Morgan fingerprint density at radius 3 is 2.52 bits per heavy atom. The van der Waals surface area contributed by atoms with Crippen LogP contribution in [0.1, 0.15) is 0 Å². The lowest BCUT2D eigenvalue weighted by Gasteiger charge is -2.08. The summed E-state index contributed by atoms with van der Waals surface area (Å²) < 4.78 is 6.93. The molecule has 0 unspecified atom stereocenters. The predicted molar refractivity (Wildman–Crippen MR) is 86.0 cm³/mol. The molecule has 4 rings (SSSR count). The van der Waals surface area contributed by atoms with Gasteiger partial charge >= 0.3 is 0 Å². The summed E-state index contributed by atoms with van der Waals surface area (Å²) in [7, 11) is 1.60. The Labute approximate surface area is 132 Å². The summed E-state index contributed by atoms with van der Waals surface area (Å²) in [6.07, 6.45) is 6.87. The van der Waals surface area contributed by atoms with Crippen LogP contribution >= 0.6 is 0 Å². The van der Waals surface area contributed by atoms with E-state index >= 15 is 0 Å². The molecule has 0 atom stereocenters. The smallest absolute Gasteiger partial charge is 0.212 e. The Kier molecular flexibility index (Phi) is 3.20. The van der Waals surface area contributed by atoms with Crippen LogP contribution in [0.2, 0.25) is 0 Å². The molecule has 0 N–H and O–H groups in total. The summed E-state index contributed by atoms with van der Waals surface area (Å²) in [4.78, 5) is 12.7. The van der Waals surface area contributed by atoms with E-state index in [2.05, 4.69) is 26.1 Å². The first-order valence-electron chi connectivity index (χ1n) is 7.10. The minimum atomic E-state index is 0.590. The number of methoxy groups -OCH3 is 1. The van der Waals surface area contributed by atoms with Crippen molar-refractivity contribution >= 4 is 5.65 Å². The Morgan fingerprint density at radius 2 is 1.78 bits per heavy atom. The standard InChI is InChI=1S/C17H13N5O/c1-23-17-3-2-13(10-19-17)14-8-15(12-4-6-18-7-5-12)22-16(9-14)20-11-21-22/h2-11H,1H3. The molecule has 0 saturated heterocycles. The van der Waals surface area contributed by atoms with Gasteiger partial charge in [0.15, 0.2) is 5.65 Å². The number of hydrogen-bond donors (Lipinski definition) is 0. The van der Waals surface area contributed by atoms with E-state index in [1.165, 1.54) is 0 Å². The average Bonchev–Trinajstić information content (AvgIpc) is 3.10. The van der Waals surface area contributed by atoms with Crippen molar-refractivity contribution in [3.63, 3.8) is 0 Å². The quantitative estimate of drug-likeness (QED) is 0.582. The molecule has 0 amide bonds. The highest BCUT2D eigenvalue weighted by Gasteiger charge is 2.10. The average molecular weight is 303 g/mol. The number of rotatable bonds is 3. The highest BCUT2D eigenvalue weighted by molar-refractivity contribution is 5.74. The first kappa shape index (κ1) is 13.4. The van der Waals surface area contributed by atoms with E-state index in [1.54, 1.807) is 32.0 Å². The van der Waals surface area contributed by atoms with Gasteiger partial charge in [0.25, 0.3) is 0 Å². The second kappa shape index (κ2) is 5.49. The summed E-state index contributed by atoms with van der Waals surface area (Å²) in [6, 6.07) is 11.8. The molecule has 0 saturated carbocycles. The number of pyridine rings is 3. The Hall–Kier alpha value is -3.28. The lowest BCUT2D eigenvalue weighted by molar-refractivity contribution is 0.398. The molecule has 0 aliphatic rings. The van der Waals surface area contributed by atoms with Gasteiger partial charge in [-0.25, -0.2) is 14.5 Å². The van der Waals surface area contributed by atoms with Gasteiger partial charge in [-0.2, -0.15) is 5.10 Å². The Balaban J connectivity index is 1.91. The van der Waals surface area contributed by atoms with Crippen LogP contribution in [0.5, 0.6) is 5.88 Å². The Morgan fingerprint density at radius 1 is 0.913 bits per heavy atom. The molecule has 0 spiro atoms. The molecule has 4 aromatic rings. The van der Waals surface area contributed by atoms with Crippen molar-refractivity contribution in [1.82, 2.24) is 24.6 Å². The zero-order chi connectivity index (χ0) is 15.6. The molecule has 0 radical (unpaired) electrons. The number of ether oxygens (including phenoxy) is 1. The SMILES string of the molecule is COc1ccc(-c2cc(-c3ccncc3)n3ncnc3c2)cn1. The van der Waals surface area contributed by atoms with Crippen LogP contribution in [0.4, 0.5) is 0 Å². The fourth-order valence-corrected chi connectivity index (χ4v) is 2.49. The van der Waals surface area contributed by atoms with Gasteiger partial charge in [-0.05, 0) is 35.9 Å². The second-order valence-electron chi connectivity index (χ2n) is 4.98. The molecule has 0 fully saturated rings. The van der Waals surface area contributed by atoms with Gasteiger partial charge in [-0.1, -0.05) is 0 Å². The maximum absolute atomic E-state index is 5.11. The van der Waals surface area contributed by atoms with E-state index in [0.717, 1.165) is 28.0 Å². The fourth-order valence-electron chi connectivity index (χ4n) is 2.49. The van der Waals surface area contributed by atoms with Crippen molar-refractivity contribution < 1.29 is 4.74 Å². The van der Waals surface area contributed by atoms with E-state index < -0.39 is 0 Å². The zero-order valence-corrected chi connectivity index (χ0v) is 12.4. The van der Waals surface area contributed by atoms with E-state index in [0.29, 0.717) is 5.88 Å². The van der Waals surface area contributed by atoms with Gasteiger partial charge in [0, 0.05) is 35.8 Å². The Bertz CT molecular complexity index is 948. The molecule has 0 aliphatic carbocycles. The van der Waals surface area contributed by atoms with Crippen molar-refractivity contribution in [1.29, 1.82) is 0 Å². The normalized spacial score (nSPS) is 10.8. The minimum absolute atomic E-state index is 0.590. The molecule has 4 heterocycles. The van der Waals surface area contributed by atoms with Crippen molar-refractivity contribution in [2.24, 2.45) is 0 Å². The lowest BCUT2D eigenvalue weighted by Crippen LogP contribution is -1.96. The molecule has 0 aliphatic heterocycles. The first-order valence-corrected chi connectivity index (χ1v) is 7.10. The first-order chi connectivity index (χ1) is 11.3. The third-order valence-electron chi connectivity index (χ3n) is 3.63. The molecule has 6 nitrogen and oxygen atoms in total. The molecule has 0 bridgehead atoms. The summed E-state index contributed by atoms with van der Waals surface area (Å²) in [5.41, 5.74) is 4.77. The van der Waals surface area contributed by atoms with E-state index in [1.807, 2.05) is 34.8 Å². The summed E-state index contributed by atoms with van der Waals surface area (Å²) in [5, 5.41) is 4.31. The van der Waals surface area contributed by atoms with E-state index in [4.69, 9.17) is 4.74 Å². The van der Waals surface area contributed by atoms with Gasteiger partial charge in [-0.3, -0.25) is 4.98 Å². The summed E-state index contributed by atoms with van der Waals surface area (Å²) >= 11 is 0. The molecular formula is C17H13N5O. The van der Waals surface area contributed by atoms with Crippen LogP contribution in [-0.4, -0.2) is 31.7 Å². The highest BCUT2D eigenvalue weighted by Crippen LogP contribution is 2.27. The van der Waals surface area contributed by atoms with E-state index in [-0.39, 0.29) is 0 Å². The van der Waals surface area contributed by atoms with Crippen LogP contribution < -0.4 is 4.74 Å². The van der Waals surface area contributed by atoms with Gasteiger partial charge in [0.2, 0.25) is 5.88 Å². The van der Waals surface area contributed by atoms with Crippen molar-refractivity contribution in [3.8, 4) is 28.3 Å². The topological polar surface area (TPSA) is 65.2 Å². The molecule has 6 heteroatoms. The highest BCUT2D eigenvalue weighted by atomic mass is 16.5. The minimum Gasteiger partial charge on any atom is -0.481 e. The second-order valence-corrected chi connectivity index (χ2v) is 4.98. The fraction of sp³-hybridized carbons (Fsp3) is 0.0588. The number of aromatic nitrogens is 5. The molecular weight excluding hydrogens is 290 g/mol. The van der Waals surface area contributed by atoms with Crippen molar-refractivity contribution in [3.05, 3.63) is 61.3 Å². The summed E-state index contributed by atoms with van der Waals surface area (Å²) in [5.74, 6) is 0.590. The molecule has 0 aromatic carbocycles. The van der Waals surface area contributed by atoms with Gasteiger partial charge in [-0.15, -0.1) is 0 Å². The third-order valence-corrected chi connectivity index (χ3v) is 3.63. The third kappa shape index (κ3) is 2.40. The summed E-state index contributed by atoms with van der Waals surface area (Å²) in [6.45, 7) is 0. The van der Waals surface area contributed by atoms with E-state index in [9.17, 15) is 0 Å². The monoisotopic (exact) mass is 303 g/mol. The number of hydrogen-bond acceptors (Lipinski definition) is 5. The van der Waals surface area contributed by atoms with Gasteiger partial charge in [0.05, 0.1) is 12.8 Å². The molecule has 4 aromatic heterocycles. The van der Waals surface area contributed by atoms with Crippen LogP contribution in [0, 0.1) is 0 Å². The van der Waals surface area contributed by atoms with Crippen LogP contribution in [0.15, 0.2) is 61.3 Å². The number of fused-ring (bicyclic) bond motifs is 1. The number of nitrogens with zero attached hydrogens (tertiary/aromatic N) is 5. The molecule has 23 heavy (non-hydrogen) atoms. The van der Waals surface area contributed by atoms with Crippen molar-refractivity contribution in [2.75, 3.05) is 7.11 Å².